The Kier molecular flexibility index (Phi) is 7.20. The van der Waals surface area contributed by atoms with Crippen LogP contribution in [0.5, 0.6) is 0 Å². The van der Waals surface area contributed by atoms with Gasteiger partial charge >= 0.3 is 0 Å². The second-order valence-corrected chi connectivity index (χ2v) is 15.1. The van der Waals surface area contributed by atoms with Crippen molar-refractivity contribution in [3.8, 4) is 22.6 Å². The Hall–Kier alpha value is -7.11. The van der Waals surface area contributed by atoms with E-state index < -0.39 is 0 Å². The van der Waals surface area contributed by atoms with Gasteiger partial charge in [-0.2, -0.15) is 0 Å². The van der Waals surface area contributed by atoms with Gasteiger partial charge in [-0.3, -0.25) is 4.98 Å². The molecule has 1 aliphatic heterocycles. The van der Waals surface area contributed by atoms with E-state index in [9.17, 15) is 0 Å². The van der Waals surface area contributed by atoms with Gasteiger partial charge in [0.25, 0.3) is 0 Å². The van der Waals surface area contributed by atoms with Crippen molar-refractivity contribution in [3.05, 3.63) is 187 Å². The summed E-state index contributed by atoms with van der Waals surface area (Å²) in [6.45, 7) is 7.37. The van der Waals surface area contributed by atoms with Crippen LogP contribution in [0.3, 0.4) is 0 Å². The monoisotopic (exact) mass is 721 g/mol. The summed E-state index contributed by atoms with van der Waals surface area (Å²) in [5, 5.41) is 4.93. The van der Waals surface area contributed by atoms with Gasteiger partial charge in [0.2, 0.25) is 0 Å². The zero-order chi connectivity index (χ0) is 37.5. The summed E-state index contributed by atoms with van der Waals surface area (Å²) in [7, 11) is 0. The Bertz CT molecular complexity index is 3130. The Labute approximate surface area is 325 Å². The van der Waals surface area contributed by atoms with E-state index in [2.05, 4.69) is 197 Å². The molecule has 11 rings (SSSR count). The van der Waals surface area contributed by atoms with E-state index in [1.807, 2.05) is 12.3 Å². The Morgan fingerprint density at radius 2 is 1.07 bits per heavy atom. The predicted molar refractivity (Wildman–Crippen MR) is 235 cm³/mol. The fourth-order valence-corrected chi connectivity index (χ4v) is 9.48. The van der Waals surface area contributed by atoms with Crippen molar-refractivity contribution < 1.29 is 0 Å². The quantitative estimate of drug-likeness (QED) is 0.177. The van der Waals surface area contributed by atoms with Crippen LogP contribution in [0.2, 0.25) is 0 Å². The first kappa shape index (κ1) is 32.3. The molecule has 5 heteroatoms. The van der Waals surface area contributed by atoms with E-state index in [1.165, 1.54) is 66.3 Å². The third kappa shape index (κ3) is 4.77. The number of nitrogens with zero attached hydrogens (tertiary/aromatic N) is 5. The number of benzene rings is 7. The second-order valence-electron chi connectivity index (χ2n) is 15.1. The molecule has 56 heavy (non-hydrogen) atoms. The average molecular weight is 722 g/mol. The SMILES string of the molecule is Cc1cc(C)c(N2CN(c3cccc(-n4c5ccccc5c5c6c7ccccc7n(-c7ccccc7)c6c(-c6ccccn6)cc54)c3)c3ccccc32)c(C)c1. The molecule has 0 atom stereocenters. The van der Waals surface area contributed by atoms with Crippen LogP contribution in [0.15, 0.2) is 170 Å². The largest absolute Gasteiger partial charge is 0.321 e. The average Bonchev–Trinajstić information content (AvgIpc) is 3.89. The molecule has 0 bridgehead atoms. The van der Waals surface area contributed by atoms with Crippen LogP contribution in [0, 0.1) is 20.8 Å². The van der Waals surface area contributed by atoms with Crippen molar-refractivity contribution >= 4 is 66.4 Å². The summed E-state index contributed by atoms with van der Waals surface area (Å²) in [5.41, 5.74) is 17.7. The lowest BCUT2D eigenvalue weighted by atomic mass is 10.00. The van der Waals surface area contributed by atoms with Gasteiger partial charge in [0, 0.05) is 56.1 Å². The standard InChI is InChI=1S/C51H39N5/c1-33-28-34(2)50(35(3)29-33)54-32-53(45-25-11-12-26-46(45)54)37-18-15-19-38(30-37)55-43-23-9-7-20-39(43)48-47(55)31-41(42-22-13-14-27-52-42)51-49(48)40-21-8-10-24-44(40)56(51)36-16-5-4-6-17-36/h4-31H,32H2,1-3H3. The zero-order valence-corrected chi connectivity index (χ0v) is 31.6. The van der Waals surface area contributed by atoms with Crippen LogP contribution >= 0.6 is 0 Å². The fourth-order valence-electron chi connectivity index (χ4n) is 9.48. The Balaban J connectivity index is 1.18. The molecule has 268 valence electrons. The molecule has 3 aromatic heterocycles. The highest BCUT2D eigenvalue weighted by molar-refractivity contribution is 6.31. The highest BCUT2D eigenvalue weighted by Crippen LogP contribution is 2.48. The molecule has 10 aromatic rings. The third-order valence-corrected chi connectivity index (χ3v) is 11.6. The molecule has 0 unspecified atom stereocenters. The minimum atomic E-state index is 0.726. The minimum Gasteiger partial charge on any atom is -0.321 e. The molecule has 1 aliphatic rings. The van der Waals surface area contributed by atoms with Crippen molar-refractivity contribution in [1.29, 1.82) is 0 Å². The number of aryl methyl sites for hydroxylation is 3. The van der Waals surface area contributed by atoms with Crippen molar-refractivity contribution in [1.82, 2.24) is 14.1 Å². The third-order valence-electron chi connectivity index (χ3n) is 11.6. The molecule has 0 fully saturated rings. The molecular formula is C51H39N5. The number of anilines is 4. The summed E-state index contributed by atoms with van der Waals surface area (Å²) < 4.78 is 4.89. The van der Waals surface area contributed by atoms with Crippen LogP contribution in [0.25, 0.3) is 66.2 Å². The number of aromatic nitrogens is 3. The first-order chi connectivity index (χ1) is 27.5. The number of fused-ring (bicyclic) bond motifs is 8. The number of hydrogen-bond acceptors (Lipinski definition) is 3. The first-order valence-corrected chi connectivity index (χ1v) is 19.3. The lowest BCUT2D eigenvalue weighted by molar-refractivity contribution is 0.977. The van der Waals surface area contributed by atoms with Gasteiger partial charge < -0.3 is 18.9 Å². The minimum absolute atomic E-state index is 0.726. The topological polar surface area (TPSA) is 29.2 Å². The van der Waals surface area contributed by atoms with Gasteiger partial charge in [0.15, 0.2) is 0 Å². The van der Waals surface area contributed by atoms with E-state index in [1.54, 1.807) is 0 Å². The van der Waals surface area contributed by atoms with Gasteiger partial charge in [0.05, 0.1) is 39.1 Å². The molecular weight excluding hydrogens is 683 g/mol. The van der Waals surface area contributed by atoms with Crippen molar-refractivity contribution in [2.75, 3.05) is 16.5 Å². The highest BCUT2D eigenvalue weighted by Gasteiger charge is 2.30. The summed E-state index contributed by atoms with van der Waals surface area (Å²) in [6, 6.07) is 59.5. The molecule has 0 N–H and O–H groups in total. The molecule has 0 spiro atoms. The predicted octanol–water partition coefficient (Wildman–Crippen LogP) is 13.1. The van der Waals surface area contributed by atoms with Crippen LogP contribution in [-0.4, -0.2) is 20.8 Å². The number of rotatable bonds is 5. The summed E-state index contributed by atoms with van der Waals surface area (Å²) in [6.07, 6.45) is 1.90. The Morgan fingerprint density at radius 3 is 1.80 bits per heavy atom. The highest BCUT2D eigenvalue weighted by atomic mass is 15.4. The smallest absolute Gasteiger partial charge is 0.100 e. The van der Waals surface area contributed by atoms with Crippen molar-refractivity contribution in [2.45, 2.75) is 20.8 Å². The zero-order valence-electron chi connectivity index (χ0n) is 31.6. The lowest BCUT2D eigenvalue weighted by Crippen LogP contribution is -2.25. The van der Waals surface area contributed by atoms with Crippen LogP contribution in [0.4, 0.5) is 22.7 Å². The Morgan fingerprint density at radius 1 is 0.464 bits per heavy atom. The molecule has 0 saturated heterocycles. The number of pyridine rings is 1. The second kappa shape index (κ2) is 12.5. The van der Waals surface area contributed by atoms with Crippen LogP contribution in [-0.2, 0) is 0 Å². The lowest BCUT2D eigenvalue weighted by Gasteiger charge is -2.26. The summed E-state index contributed by atoms with van der Waals surface area (Å²) in [4.78, 5) is 9.90. The fraction of sp³-hybridized carbons (Fsp3) is 0.0784. The molecule has 4 heterocycles. The summed E-state index contributed by atoms with van der Waals surface area (Å²) >= 11 is 0. The van der Waals surface area contributed by atoms with Crippen LogP contribution < -0.4 is 9.80 Å². The first-order valence-electron chi connectivity index (χ1n) is 19.3. The van der Waals surface area contributed by atoms with Crippen molar-refractivity contribution in [2.24, 2.45) is 0 Å². The molecule has 5 nitrogen and oxygen atoms in total. The maximum atomic E-state index is 4.97. The van der Waals surface area contributed by atoms with Gasteiger partial charge in [-0.15, -0.1) is 0 Å². The molecule has 7 aromatic carbocycles. The van der Waals surface area contributed by atoms with Gasteiger partial charge in [-0.05, 0) is 105 Å². The van der Waals surface area contributed by atoms with Gasteiger partial charge in [0.1, 0.15) is 6.67 Å². The number of para-hydroxylation sites is 5. The normalized spacial score (nSPS) is 12.8. The van der Waals surface area contributed by atoms with E-state index >= 15 is 0 Å². The summed E-state index contributed by atoms with van der Waals surface area (Å²) in [5.74, 6) is 0. The van der Waals surface area contributed by atoms with E-state index in [4.69, 9.17) is 4.98 Å². The van der Waals surface area contributed by atoms with Gasteiger partial charge in [-0.1, -0.05) is 96.6 Å². The molecule has 0 saturated carbocycles. The van der Waals surface area contributed by atoms with Crippen molar-refractivity contribution in [3.63, 3.8) is 0 Å². The van der Waals surface area contributed by atoms with E-state index in [0.717, 1.165) is 46.0 Å². The molecule has 0 amide bonds. The molecule has 0 radical (unpaired) electrons. The van der Waals surface area contributed by atoms with Gasteiger partial charge in [-0.25, -0.2) is 0 Å². The molecule has 0 aliphatic carbocycles. The van der Waals surface area contributed by atoms with Crippen LogP contribution in [0.1, 0.15) is 16.7 Å². The van der Waals surface area contributed by atoms with E-state index in [0.29, 0.717) is 0 Å². The number of hydrogen-bond donors (Lipinski definition) is 0. The maximum absolute atomic E-state index is 4.97. The van der Waals surface area contributed by atoms with E-state index in [-0.39, 0.29) is 0 Å². The maximum Gasteiger partial charge on any atom is 0.100 e.